The van der Waals surface area contributed by atoms with E-state index in [0.717, 1.165) is 29.9 Å². The Bertz CT molecular complexity index is 649. The van der Waals surface area contributed by atoms with Gasteiger partial charge in [-0.25, -0.2) is 0 Å². The molecule has 1 aliphatic rings. The minimum atomic E-state index is 0.413. The van der Waals surface area contributed by atoms with Crippen molar-refractivity contribution in [2.75, 3.05) is 6.54 Å². The first kappa shape index (κ1) is 14.8. The van der Waals surface area contributed by atoms with Gasteiger partial charge in [-0.3, -0.25) is 4.98 Å². The summed E-state index contributed by atoms with van der Waals surface area (Å²) in [5.74, 6) is 0. The molecule has 2 nitrogen and oxygen atoms in total. The van der Waals surface area contributed by atoms with Crippen LogP contribution in [0.4, 0.5) is 0 Å². The van der Waals surface area contributed by atoms with Crippen molar-refractivity contribution in [2.24, 2.45) is 5.41 Å². The van der Waals surface area contributed by atoms with Gasteiger partial charge in [-0.05, 0) is 56.2 Å². The molecule has 2 aromatic rings. The van der Waals surface area contributed by atoms with Gasteiger partial charge in [0.2, 0.25) is 0 Å². The molecule has 0 radical (unpaired) electrons. The van der Waals surface area contributed by atoms with Crippen LogP contribution in [0.3, 0.4) is 0 Å². The summed E-state index contributed by atoms with van der Waals surface area (Å²) in [5.41, 5.74) is 6.27. The van der Waals surface area contributed by atoms with E-state index in [0.29, 0.717) is 5.41 Å². The SMILES string of the molecule is C=C(NCC1(Cc2ccc(C)cc2)CC1)c1ccc(C)nc1. The summed E-state index contributed by atoms with van der Waals surface area (Å²) >= 11 is 0. The summed E-state index contributed by atoms with van der Waals surface area (Å²) in [7, 11) is 0. The highest BCUT2D eigenvalue weighted by Crippen LogP contribution is 2.48. The Morgan fingerprint density at radius 1 is 1.14 bits per heavy atom. The van der Waals surface area contributed by atoms with Crippen LogP contribution in [0.2, 0.25) is 0 Å². The maximum Gasteiger partial charge on any atom is 0.0373 e. The van der Waals surface area contributed by atoms with E-state index in [1.165, 1.54) is 24.0 Å². The number of aromatic nitrogens is 1. The molecule has 0 unspecified atom stereocenters. The number of benzene rings is 1. The second-order valence-corrected chi connectivity index (χ2v) is 6.68. The van der Waals surface area contributed by atoms with Crippen LogP contribution in [0.5, 0.6) is 0 Å². The van der Waals surface area contributed by atoms with Gasteiger partial charge < -0.3 is 5.32 Å². The Balaban J connectivity index is 1.57. The largest absolute Gasteiger partial charge is 0.384 e. The molecule has 2 heteroatoms. The third-order valence-corrected chi connectivity index (χ3v) is 4.59. The molecule has 3 rings (SSSR count). The third-order valence-electron chi connectivity index (χ3n) is 4.59. The second-order valence-electron chi connectivity index (χ2n) is 6.68. The minimum Gasteiger partial charge on any atom is -0.384 e. The third kappa shape index (κ3) is 3.56. The van der Waals surface area contributed by atoms with Crippen molar-refractivity contribution in [1.29, 1.82) is 0 Å². The number of hydrogen-bond donors (Lipinski definition) is 1. The minimum absolute atomic E-state index is 0.413. The molecule has 1 fully saturated rings. The predicted molar refractivity (Wildman–Crippen MR) is 92.6 cm³/mol. The average molecular weight is 292 g/mol. The summed E-state index contributed by atoms with van der Waals surface area (Å²) in [6, 6.07) is 13.0. The highest BCUT2D eigenvalue weighted by molar-refractivity contribution is 5.60. The van der Waals surface area contributed by atoms with Gasteiger partial charge >= 0.3 is 0 Å². The van der Waals surface area contributed by atoms with E-state index in [1.807, 2.05) is 19.2 Å². The van der Waals surface area contributed by atoms with E-state index < -0.39 is 0 Å². The zero-order valence-corrected chi connectivity index (χ0v) is 13.5. The summed E-state index contributed by atoms with van der Waals surface area (Å²) in [6.07, 6.45) is 5.64. The number of nitrogens with one attached hydrogen (secondary N) is 1. The van der Waals surface area contributed by atoms with Crippen LogP contribution in [0.1, 0.15) is 35.2 Å². The summed E-state index contributed by atoms with van der Waals surface area (Å²) in [5, 5.41) is 3.52. The lowest BCUT2D eigenvalue weighted by atomic mass is 9.95. The number of rotatable bonds is 6. The number of nitrogens with zero attached hydrogens (tertiary/aromatic N) is 1. The van der Waals surface area contributed by atoms with Crippen molar-refractivity contribution in [1.82, 2.24) is 10.3 Å². The van der Waals surface area contributed by atoms with E-state index in [2.05, 4.69) is 54.1 Å². The van der Waals surface area contributed by atoms with Crippen LogP contribution in [-0.2, 0) is 6.42 Å². The molecular weight excluding hydrogens is 268 g/mol. The summed E-state index contributed by atoms with van der Waals surface area (Å²) in [4.78, 5) is 4.34. The van der Waals surface area contributed by atoms with E-state index >= 15 is 0 Å². The van der Waals surface area contributed by atoms with Gasteiger partial charge in [-0.15, -0.1) is 0 Å². The predicted octanol–water partition coefficient (Wildman–Crippen LogP) is 4.28. The van der Waals surface area contributed by atoms with Crippen molar-refractivity contribution in [2.45, 2.75) is 33.1 Å². The molecule has 1 N–H and O–H groups in total. The smallest absolute Gasteiger partial charge is 0.0373 e. The molecule has 0 bridgehead atoms. The molecule has 1 aromatic carbocycles. The van der Waals surface area contributed by atoms with Gasteiger partial charge in [0.15, 0.2) is 0 Å². The molecule has 1 aromatic heterocycles. The van der Waals surface area contributed by atoms with Crippen molar-refractivity contribution >= 4 is 5.70 Å². The van der Waals surface area contributed by atoms with Crippen LogP contribution in [0.15, 0.2) is 49.2 Å². The van der Waals surface area contributed by atoms with Gasteiger partial charge in [-0.2, -0.15) is 0 Å². The molecule has 1 aliphatic carbocycles. The summed E-state index contributed by atoms with van der Waals surface area (Å²) < 4.78 is 0. The second kappa shape index (κ2) is 5.96. The van der Waals surface area contributed by atoms with Crippen molar-refractivity contribution in [3.63, 3.8) is 0 Å². The first-order valence-electron chi connectivity index (χ1n) is 7.98. The fourth-order valence-corrected chi connectivity index (χ4v) is 2.77. The Morgan fingerprint density at radius 2 is 1.86 bits per heavy atom. The molecule has 114 valence electrons. The first-order chi connectivity index (χ1) is 10.6. The zero-order chi connectivity index (χ0) is 15.6. The van der Waals surface area contributed by atoms with Gasteiger partial charge in [0, 0.05) is 29.7 Å². The highest BCUT2D eigenvalue weighted by atomic mass is 14.9. The first-order valence-corrected chi connectivity index (χ1v) is 7.98. The van der Waals surface area contributed by atoms with Gasteiger partial charge in [0.05, 0.1) is 0 Å². The molecule has 0 atom stereocenters. The fraction of sp³-hybridized carbons (Fsp3) is 0.350. The monoisotopic (exact) mass is 292 g/mol. The number of pyridine rings is 1. The molecule has 1 heterocycles. The number of hydrogen-bond acceptors (Lipinski definition) is 2. The highest BCUT2D eigenvalue weighted by Gasteiger charge is 2.42. The van der Waals surface area contributed by atoms with E-state index in [1.54, 1.807) is 0 Å². The Kier molecular flexibility index (Phi) is 4.02. The van der Waals surface area contributed by atoms with Crippen molar-refractivity contribution in [3.05, 3.63) is 71.6 Å². The van der Waals surface area contributed by atoms with Crippen molar-refractivity contribution < 1.29 is 0 Å². The lowest BCUT2D eigenvalue weighted by Crippen LogP contribution is -2.24. The quantitative estimate of drug-likeness (QED) is 0.859. The molecule has 1 saturated carbocycles. The molecule has 0 saturated heterocycles. The van der Waals surface area contributed by atoms with Crippen LogP contribution in [-0.4, -0.2) is 11.5 Å². The van der Waals surface area contributed by atoms with Crippen LogP contribution in [0.25, 0.3) is 5.70 Å². The summed E-state index contributed by atoms with van der Waals surface area (Å²) in [6.45, 7) is 9.28. The van der Waals surface area contributed by atoms with E-state index in [4.69, 9.17) is 0 Å². The Labute approximate surface area is 133 Å². The van der Waals surface area contributed by atoms with Gasteiger partial charge in [-0.1, -0.05) is 36.4 Å². The van der Waals surface area contributed by atoms with E-state index in [-0.39, 0.29) is 0 Å². The molecule has 0 aliphatic heterocycles. The maximum atomic E-state index is 4.34. The topological polar surface area (TPSA) is 24.9 Å². The Morgan fingerprint density at radius 3 is 2.45 bits per heavy atom. The molecule has 22 heavy (non-hydrogen) atoms. The lowest BCUT2D eigenvalue weighted by Gasteiger charge is -2.18. The van der Waals surface area contributed by atoms with Crippen molar-refractivity contribution in [3.8, 4) is 0 Å². The van der Waals surface area contributed by atoms with Crippen LogP contribution >= 0.6 is 0 Å². The molecule has 0 amide bonds. The van der Waals surface area contributed by atoms with Crippen LogP contribution < -0.4 is 5.32 Å². The molecular formula is C20H24N2. The fourth-order valence-electron chi connectivity index (χ4n) is 2.77. The average Bonchev–Trinajstić information content (AvgIpc) is 3.28. The van der Waals surface area contributed by atoms with Gasteiger partial charge in [0.1, 0.15) is 0 Å². The standard InChI is InChI=1S/C20H24N2/c1-15-4-7-18(8-5-15)12-20(10-11-20)14-22-17(3)19-9-6-16(2)21-13-19/h4-9,13,22H,3,10-12,14H2,1-2H3. The van der Waals surface area contributed by atoms with Gasteiger partial charge in [0.25, 0.3) is 0 Å². The molecule has 0 spiro atoms. The zero-order valence-electron chi connectivity index (χ0n) is 13.5. The van der Waals surface area contributed by atoms with E-state index in [9.17, 15) is 0 Å². The number of aryl methyl sites for hydroxylation is 2. The maximum absolute atomic E-state index is 4.34. The Hall–Kier alpha value is -2.09. The van der Waals surface area contributed by atoms with Crippen LogP contribution in [0, 0.1) is 19.3 Å². The lowest BCUT2D eigenvalue weighted by molar-refractivity contribution is 0.492. The normalized spacial score (nSPS) is 15.4.